The molecule has 9 heteroatoms. The van der Waals surface area contributed by atoms with Crippen LogP contribution in [0, 0.1) is 0 Å². The van der Waals surface area contributed by atoms with E-state index in [0.717, 1.165) is 51.0 Å². The second kappa shape index (κ2) is 9.62. The monoisotopic (exact) mass is 412 g/mol. The number of amides is 2. The van der Waals surface area contributed by atoms with Crippen LogP contribution < -0.4 is 19.9 Å². The van der Waals surface area contributed by atoms with Gasteiger partial charge in [0.15, 0.2) is 0 Å². The number of benzene rings is 1. The molecule has 0 aliphatic carbocycles. The predicted octanol–water partition coefficient (Wildman–Crippen LogP) is 2.07. The first kappa shape index (κ1) is 20.2. The van der Waals surface area contributed by atoms with Crippen molar-refractivity contribution in [1.82, 2.24) is 14.9 Å². The Kier molecular flexibility index (Phi) is 6.48. The topological polar surface area (TPSA) is 83.1 Å². The molecule has 2 aliphatic rings. The van der Waals surface area contributed by atoms with Gasteiger partial charge < -0.3 is 29.5 Å². The highest BCUT2D eigenvalue weighted by atomic mass is 16.5. The van der Waals surface area contributed by atoms with Crippen molar-refractivity contribution in [3.63, 3.8) is 0 Å². The molecule has 30 heavy (non-hydrogen) atoms. The average Bonchev–Trinajstić information content (AvgIpc) is 2.81. The molecule has 0 atom stereocenters. The Morgan fingerprint density at radius 1 is 1.03 bits per heavy atom. The van der Waals surface area contributed by atoms with Crippen molar-refractivity contribution in [2.24, 2.45) is 0 Å². The molecule has 2 saturated heterocycles. The van der Waals surface area contributed by atoms with Crippen LogP contribution in [-0.2, 0) is 4.74 Å². The minimum atomic E-state index is -0.113. The Hall–Kier alpha value is -3.07. The van der Waals surface area contributed by atoms with Crippen molar-refractivity contribution in [2.45, 2.75) is 6.92 Å². The first-order valence-corrected chi connectivity index (χ1v) is 10.4. The molecule has 0 unspecified atom stereocenters. The van der Waals surface area contributed by atoms with Gasteiger partial charge in [0.1, 0.15) is 23.7 Å². The van der Waals surface area contributed by atoms with Gasteiger partial charge in [-0.1, -0.05) is 12.1 Å². The second-order valence-corrected chi connectivity index (χ2v) is 7.17. The van der Waals surface area contributed by atoms with Crippen LogP contribution in [0.3, 0.4) is 0 Å². The largest absolute Gasteiger partial charge is 0.492 e. The Morgan fingerprint density at radius 2 is 1.70 bits per heavy atom. The van der Waals surface area contributed by atoms with Gasteiger partial charge in [-0.2, -0.15) is 0 Å². The SMILES string of the molecule is CCOc1ccccc1NC(=O)N1CCN(c2cc(N3CCOCC3)ncn2)CC1. The summed E-state index contributed by atoms with van der Waals surface area (Å²) in [5.74, 6) is 2.51. The standard InChI is InChI=1S/C21H28N6O3/c1-2-30-18-6-4-3-5-17(18)24-21(28)27-9-7-25(8-10-27)19-15-20(23-16-22-19)26-11-13-29-14-12-26/h3-6,15-16H,2,7-14H2,1H3,(H,24,28). The Morgan fingerprint density at radius 3 is 2.40 bits per heavy atom. The van der Waals surface area contributed by atoms with Crippen LogP contribution in [0.1, 0.15) is 6.92 Å². The number of anilines is 3. The van der Waals surface area contributed by atoms with Crippen LogP contribution >= 0.6 is 0 Å². The van der Waals surface area contributed by atoms with Crippen LogP contribution in [0.2, 0.25) is 0 Å². The van der Waals surface area contributed by atoms with Gasteiger partial charge in [0.2, 0.25) is 0 Å². The number of carbonyl (C=O) groups excluding carboxylic acids is 1. The van der Waals surface area contributed by atoms with Crippen molar-refractivity contribution >= 4 is 23.4 Å². The minimum Gasteiger partial charge on any atom is -0.492 e. The van der Waals surface area contributed by atoms with Gasteiger partial charge in [0.25, 0.3) is 0 Å². The van der Waals surface area contributed by atoms with Gasteiger partial charge in [-0.15, -0.1) is 0 Å². The molecular formula is C21H28N6O3. The average molecular weight is 412 g/mol. The number of nitrogens with zero attached hydrogens (tertiary/aromatic N) is 5. The molecular weight excluding hydrogens is 384 g/mol. The molecule has 0 spiro atoms. The smallest absolute Gasteiger partial charge is 0.322 e. The Balaban J connectivity index is 1.34. The van der Waals surface area contributed by atoms with E-state index in [1.165, 1.54) is 0 Å². The second-order valence-electron chi connectivity index (χ2n) is 7.17. The molecule has 160 valence electrons. The van der Waals surface area contributed by atoms with Crippen molar-refractivity contribution in [3.8, 4) is 5.75 Å². The lowest BCUT2D eigenvalue weighted by Gasteiger charge is -2.36. The van der Waals surface area contributed by atoms with E-state index in [1.807, 2.05) is 42.2 Å². The van der Waals surface area contributed by atoms with Gasteiger partial charge >= 0.3 is 6.03 Å². The van der Waals surface area contributed by atoms with Crippen LogP contribution in [0.4, 0.5) is 22.1 Å². The van der Waals surface area contributed by atoms with Gasteiger partial charge in [0.05, 0.1) is 25.5 Å². The molecule has 2 aliphatic heterocycles. The number of hydrogen-bond acceptors (Lipinski definition) is 7. The minimum absolute atomic E-state index is 0.113. The molecule has 2 aromatic rings. The summed E-state index contributed by atoms with van der Waals surface area (Å²) >= 11 is 0. The quantitative estimate of drug-likeness (QED) is 0.805. The van der Waals surface area contributed by atoms with Gasteiger partial charge in [-0.3, -0.25) is 0 Å². The third-order valence-electron chi connectivity index (χ3n) is 5.29. The van der Waals surface area contributed by atoms with E-state index in [4.69, 9.17) is 9.47 Å². The Bertz CT molecular complexity index is 850. The highest BCUT2D eigenvalue weighted by Crippen LogP contribution is 2.25. The number of rotatable bonds is 5. The van der Waals surface area contributed by atoms with Crippen LogP contribution in [0.5, 0.6) is 5.75 Å². The van der Waals surface area contributed by atoms with Crippen LogP contribution in [0.15, 0.2) is 36.7 Å². The first-order chi connectivity index (χ1) is 14.7. The molecule has 0 bridgehead atoms. The molecule has 1 aromatic heterocycles. The molecule has 9 nitrogen and oxygen atoms in total. The highest BCUT2D eigenvalue weighted by molar-refractivity contribution is 5.91. The van der Waals surface area contributed by atoms with E-state index in [-0.39, 0.29) is 6.03 Å². The summed E-state index contributed by atoms with van der Waals surface area (Å²) in [5.41, 5.74) is 0.692. The zero-order valence-corrected chi connectivity index (χ0v) is 17.3. The molecule has 3 heterocycles. The molecule has 2 fully saturated rings. The Labute approximate surface area is 176 Å². The third-order valence-corrected chi connectivity index (χ3v) is 5.29. The van der Waals surface area contributed by atoms with Crippen molar-refractivity contribution in [1.29, 1.82) is 0 Å². The molecule has 2 amide bonds. The van der Waals surface area contributed by atoms with E-state index in [1.54, 1.807) is 6.33 Å². The van der Waals surface area contributed by atoms with E-state index in [9.17, 15) is 4.79 Å². The summed E-state index contributed by atoms with van der Waals surface area (Å²) in [6.07, 6.45) is 1.61. The number of piperazine rings is 1. The number of aromatic nitrogens is 2. The normalized spacial score (nSPS) is 17.0. The number of carbonyl (C=O) groups is 1. The van der Waals surface area contributed by atoms with Crippen molar-refractivity contribution in [3.05, 3.63) is 36.7 Å². The van der Waals surface area contributed by atoms with E-state index >= 15 is 0 Å². The number of para-hydroxylation sites is 2. The summed E-state index contributed by atoms with van der Waals surface area (Å²) in [5, 5.41) is 2.97. The van der Waals surface area contributed by atoms with Crippen LogP contribution in [-0.4, -0.2) is 80.0 Å². The van der Waals surface area contributed by atoms with Gasteiger partial charge in [-0.05, 0) is 19.1 Å². The summed E-state index contributed by atoms with van der Waals surface area (Å²) in [7, 11) is 0. The maximum absolute atomic E-state index is 12.7. The predicted molar refractivity (Wildman–Crippen MR) is 115 cm³/mol. The third kappa shape index (κ3) is 4.73. The lowest BCUT2D eigenvalue weighted by atomic mass is 10.3. The lowest BCUT2D eigenvalue weighted by molar-refractivity contribution is 0.122. The number of ether oxygens (including phenoxy) is 2. The molecule has 1 N–H and O–H groups in total. The summed E-state index contributed by atoms with van der Waals surface area (Å²) in [6.45, 7) is 8.30. The first-order valence-electron chi connectivity index (χ1n) is 10.4. The maximum Gasteiger partial charge on any atom is 0.322 e. The van der Waals surface area contributed by atoms with E-state index < -0.39 is 0 Å². The number of hydrogen-bond donors (Lipinski definition) is 1. The molecule has 4 rings (SSSR count). The van der Waals surface area contributed by atoms with Crippen molar-refractivity contribution in [2.75, 3.05) is 74.2 Å². The fourth-order valence-electron chi connectivity index (χ4n) is 3.66. The van der Waals surface area contributed by atoms with E-state index in [2.05, 4.69) is 25.1 Å². The fraction of sp³-hybridized carbons (Fsp3) is 0.476. The zero-order chi connectivity index (χ0) is 20.8. The maximum atomic E-state index is 12.7. The molecule has 1 aromatic carbocycles. The highest BCUT2D eigenvalue weighted by Gasteiger charge is 2.23. The van der Waals surface area contributed by atoms with Crippen LogP contribution in [0.25, 0.3) is 0 Å². The molecule has 0 saturated carbocycles. The fourth-order valence-corrected chi connectivity index (χ4v) is 3.66. The van der Waals surface area contributed by atoms with E-state index in [0.29, 0.717) is 31.1 Å². The number of nitrogens with one attached hydrogen (secondary N) is 1. The number of morpholine rings is 1. The summed E-state index contributed by atoms with van der Waals surface area (Å²) in [4.78, 5) is 27.8. The number of urea groups is 1. The summed E-state index contributed by atoms with van der Waals surface area (Å²) in [6, 6.07) is 9.41. The van der Waals surface area contributed by atoms with Crippen molar-refractivity contribution < 1.29 is 14.3 Å². The zero-order valence-electron chi connectivity index (χ0n) is 17.3. The summed E-state index contributed by atoms with van der Waals surface area (Å²) < 4.78 is 11.0. The van der Waals surface area contributed by atoms with Gasteiger partial charge in [-0.25, -0.2) is 14.8 Å². The lowest BCUT2D eigenvalue weighted by Crippen LogP contribution is -2.50. The van der Waals surface area contributed by atoms with Gasteiger partial charge in [0, 0.05) is 45.3 Å². The molecule has 0 radical (unpaired) electrons.